The fourth-order valence-corrected chi connectivity index (χ4v) is 4.63. The molecule has 5 nitrogen and oxygen atoms in total. The number of aromatic nitrogens is 2. The van der Waals surface area contributed by atoms with Crippen molar-refractivity contribution in [3.8, 4) is 17.3 Å². The third-order valence-corrected chi connectivity index (χ3v) is 5.93. The van der Waals surface area contributed by atoms with Crippen LogP contribution < -0.4 is 4.90 Å². The van der Waals surface area contributed by atoms with E-state index in [1.165, 1.54) is 19.4 Å². The maximum Gasteiger partial charge on any atom is 0.151 e. The van der Waals surface area contributed by atoms with Crippen LogP contribution in [0.25, 0.3) is 11.3 Å². The van der Waals surface area contributed by atoms with Crippen molar-refractivity contribution in [1.29, 1.82) is 5.26 Å². The maximum atomic E-state index is 9.13. The van der Waals surface area contributed by atoms with Gasteiger partial charge in [-0.1, -0.05) is 0 Å². The highest BCUT2D eigenvalue weighted by molar-refractivity contribution is 5.69. The molecule has 1 aromatic heterocycles. The quantitative estimate of drug-likeness (QED) is 0.835. The first-order chi connectivity index (χ1) is 12.6. The highest BCUT2D eigenvalue weighted by Gasteiger charge is 2.38. The number of nitrogens with zero attached hydrogens (tertiary/aromatic N) is 5. The number of nitriles is 1. The fraction of sp³-hybridized carbons (Fsp3) is 0.476. The van der Waals surface area contributed by atoms with Crippen LogP contribution in [0.15, 0.2) is 24.3 Å². The van der Waals surface area contributed by atoms with E-state index in [2.05, 4.69) is 45.2 Å². The molecule has 0 bridgehead atoms. The van der Waals surface area contributed by atoms with Gasteiger partial charge in [-0.2, -0.15) is 5.26 Å². The van der Waals surface area contributed by atoms with E-state index in [0.29, 0.717) is 11.6 Å². The summed E-state index contributed by atoms with van der Waals surface area (Å²) >= 11 is 0. The highest BCUT2D eigenvalue weighted by Crippen LogP contribution is 2.34. The van der Waals surface area contributed by atoms with E-state index in [1.807, 2.05) is 26.0 Å². The van der Waals surface area contributed by atoms with Gasteiger partial charge in [-0.15, -0.1) is 10.2 Å². The molecule has 2 aliphatic heterocycles. The molecule has 2 fully saturated rings. The van der Waals surface area contributed by atoms with E-state index in [1.54, 1.807) is 0 Å². The van der Waals surface area contributed by atoms with Gasteiger partial charge in [0, 0.05) is 24.7 Å². The predicted molar refractivity (Wildman–Crippen MR) is 103 cm³/mol. The summed E-state index contributed by atoms with van der Waals surface area (Å²) in [7, 11) is 2.21. The van der Waals surface area contributed by atoms with E-state index < -0.39 is 0 Å². The molecule has 5 heteroatoms. The lowest BCUT2D eigenvalue weighted by molar-refractivity contribution is 0.207. The van der Waals surface area contributed by atoms with E-state index in [0.717, 1.165) is 47.2 Å². The lowest BCUT2D eigenvalue weighted by Crippen LogP contribution is -2.47. The van der Waals surface area contributed by atoms with Crippen LogP contribution in [-0.2, 0) is 0 Å². The zero-order valence-corrected chi connectivity index (χ0v) is 15.7. The van der Waals surface area contributed by atoms with E-state index in [-0.39, 0.29) is 0 Å². The molecule has 134 valence electrons. The second-order valence-corrected chi connectivity index (χ2v) is 7.73. The molecule has 2 aliphatic rings. The van der Waals surface area contributed by atoms with E-state index in [9.17, 15) is 0 Å². The van der Waals surface area contributed by atoms with Gasteiger partial charge in [0.1, 0.15) is 0 Å². The molecular formula is C21H25N5. The summed E-state index contributed by atoms with van der Waals surface area (Å²) in [5.41, 5.74) is 4.79. The van der Waals surface area contributed by atoms with Crippen LogP contribution in [-0.4, -0.2) is 47.8 Å². The molecule has 26 heavy (non-hydrogen) atoms. The van der Waals surface area contributed by atoms with Crippen LogP contribution in [0.1, 0.15) is 29.5 Å². The van der Waals surface area contributed by atoms with Crippen molar-refractivity contribution in [3.63, 3.8) is 0 Å². The minimum Gasteiger partial charge on any atom is -0.351 e. The Bertz CT molecular complexity index is 829. The molecule has 0 aliphatic carbocycles. The number of benzene rings is 1. The maximum absolute atomic E-state index is 9.13. The van der Waals surface area contributed by atoms with Gasteiger partial charge in [0.15, 0.2) is 5.82 Å². The van der Waals surface area contributed by atoms with Gasteiger partial charge in [-0.25, -0.2) is 0 Å². The van der Waals surface area contributed by atoms with E-state index >= 15 is 0 Å². The third-order valence-electron chi connectivity index (χ3n) is 5.93. The lowest BCUT2D eigenvalue weighted by Gasteiger charge is -2.36. The molecule has 1 aromatic carbocycles. The molecule has 0 N–H and O–H groups in total. The molecule has 2 saturated heterocycles. The second kappa shape index (κ2) is 6.69. The van der Waals surface area contributed by atoms with Crippen LogP contribution in [0.3, 0.4) is 0 Å². The van der Waals surface area contributed by atoms with Crippen LogP contribution in [0, 0.1) is 31.1 Å². The number of piperidine rings is 1. The molecule has 0 spiro atoms. The molecule has 0 saturated carbocycles. The first kappa shape index (κ1) is 17.0. The summed E-state index contributed by atoms with van der Waals surface area (Å²) in [4.78, 5) is 4.86. The summed E-state index contributed by atoms with van der Waals surface area (Å²) in [6.07, 6.45) is 2.54. The van der Waals surface area contributed by atoms with Gasteiger partial charge in [-0.3, -0.25) is 0 Å². The number of hydrogen-bond donors (Lipinski definition) is 0. The van der Waals surface area contributed by atoms with Gasteiger partial charge in [0.05, 0.1) is 17.3 Å². The molecule has 0 amide bonds. The Kier molecular flexibility index (Phi) is 4.37. The Morgan fingerprint density at radius 1 is 1.08 bits per heavy atom. The first-order valence-electron chi connectivity index (χ1n) is 9.37. The second-order valence-electron chi connectivity index (χ2n) is 7.73. The van der Waals surface area contributed by atoms with Crippen LogP contribution in [0.2, 0.25) is 0 Å². The number of fused-ring (bicyclic) bond motifs is 1. The molecular weight excluding hydrogens is 322 g/mol. The smallest absolute Gasteiger partial charge is 0.151 e. The Hall–Kier alpha value is -2.45. The topological polar surface area (TPSA) is 56.1 Å². The Labute approximate surface area is 155 Å². The number of anilines is 1. The zero-order chi connectivity index (χ0) is 18.3. The van der Waals surface area contributed by atoms with Crippen molar-refractivity contribution < 1.29 is 0 Å². The van der Waals surface area contributed by atoms with Crippen molar-refractivity contribution in [2.45, 2.75) is 32.7 Å². The van der Waals surface area contributed by atoms with Gasteiger partial charge in [0.25, 0.3) is 0 Å². The first-order valence-corrected chi connectivity index (χ1v) is 9.37. The standard InChI is InChI=1S/C21H25N5/c1-14-10-16(12-22)11-15(2)21(14)18-4-5-20(24-23-18)26-9-7-17-6-8-25(3)13-19(17)26/h4-5,10-11,17,19H,6-9,13H2,1-3H3. The summed E-state index contributed by atoms with van der Waals surface area (Å²) in [5.74, 6) is 1.77. The normalized spacial score (nSPS) is 22.9. The number of likely N-dealkylation sites (tertiary alicyclic amines) is 1. The minimum atomic E-state index is 0.562. The number of likely N-dealkylation sites (N-methyl/N-ethyl adjacent to an activating group) is 1. The molecule has 2 aromatic rings. The largest absolute Gasteiger partial charge is 0.351 e. The Balaban J connectivity index is 1.61. The molecule has 2 atom stereocenters. The predicted octanol–water partition coefficient (Wildman–Crippen LogP) is 3.16. The average molecular weight is 347 g/mol. The summed E-state index contributed by atoms with van der Waals surface area (Å²) in [6, 6.07) is 10.8. The van der Waals surface area contributed by atoms with Crippen molar-refractivity contribution in [3.05, 3.63) is 41.0 Å². The molecule has 3 heterocycles. The monoisotopic (exact) mass is 347 g/mol. The van der Waals surface area contributed by atoms with Gasteiger partial charge in [-0.05, 0) is 81.6 Å². The Morgan fingerprint density at radius 2 is 1.81 bits per heavy atom. The van der Waals surface area contributed by atoms with Crippen LogP contribution in [0.4, 0.5) is 5.82 Å². The van der Waals surface area contributed by atoms with Crippen molar-refractivity contribution in [1.82, 2.24) is 15.1 Å². The van der Waals surface area contributed by atoms with Crippen molar-refractivity contribution in [2.24, 2.45) is 5.92 Å². The summed E-state index contributed by atoms with van der Waals surface area (Å²) < 4.78 is 0. The fourth-order valence-electron chi connectivity index (χ4n) is 4.63. The third kappa shape index (κ3) is 2.95. The molecule has 4 rings (SSSR count). The van der Waals surface area contributed by atoms with Crippen molar-refractivity contribution >= 4 is 5.82 Å². The number of hydrogen-bond acceptors (Lipinski definition) is 5. The minimum absolute atomic E-state index is 0.562. The van der Waals surface area contributed by atoms with Crippen LogP contribution >= 0.6 is 0 Å². The number of rotatable bonds is 2. The Morgan fingerprint density at radius 3 is 2.46 bits per heavy atom. The van der Waals surface area contributed by atoms with Crippen molar-refractivity contribution in [2.75, 3.05) is 31.6 Å². The van der Waals surface area contributed by atoms with Gasteiger partial charge in [0.2, 0.25) is 0 Å². The average Bonchev–Trinajstić information content (AvgIpc) is 3.04. The zero-order valence-electron chi connectivity index (χ0n) is 15.7. The SMILES string of the molecule is Cc1cc(C#N)cc(C)c1-c1ccc(N2CCC3CCN(C)CC32)nn1. The van der Waals surface area contributed by atoms with Crippen LogP contribution in [0.5, 0.6) is 0 Å². The molecule has 2 unspecified atom stereocenters. The summed E-state index contributed by atoms with van der Waals surface area (Å²) in [5, 5.41) is 18.2. The lowest BCUT2D eigenvalue weighted by atomic mass is 9.92. The number of aryl methyl sites for hydroxylation is 2. The van der Waals surface area contributed by atoms with E-state index in [4.69, 9.17) is 5.26 Å². The highest BCUT2D eigenvalue weighted by atomic mass is 15.3. The van der Waals surface area contributed by atoms with Gasteiger partial charge < -0.3 is 9.80 Å². The summed E-state index contributed by atoms with van der Waals surface area (Å²) in [6.45, 7) is 7.45. The van der Waals surface area contributed by atoms with Gasteiger partial charge >= 0.3 is 0 Å². The molecule has 0 radical (unpaired) electrons.